The van der Waals surface area contributed by atoms with Gasteiger partial charge in [-0.3, -0.25) is 0 Å². The summed E-state index contributed by atoms with van der Waals surface area (Å²) in [6, 6.07) is 6.78. The molecule has 0 aliphatic heterocycles. The molecule has 3 rings (SSSR count). The Morgan fingerprint density at radius 3 is 3.18 bits per heavy atom. The van der Waals surface area contributed by atoms with Crippen molar-refractivity contribution in [2.24, 2.45) is 0 Å². The Morgan fingerprint density at radius 2 is 2.35 bits per heavy atom. The third-order valence-electron chi connectivity index (χ3n) is 3.67. The molecule has 3 heteroatoms. The van der Waals surface area contributed by atoms with E-state index >= 15 is 0 Å². The zero-order valence-corrected chi connectivity index (χ0v) is 10.8. The van der Waals surface area contributed by atoms with E-state index in [0.717, 1.165) is 29.9 Å². The highest BCUT2D eigenvalue weighted by Crippen LogP contribution is 2.32. The summed E-state index contributed by atoms with van der Waals surface area (Å²) in [5.41, 5.74) is 3.94. The first-order chi connectivity index (χ1) is 8.29. The second-order valence-electron chi connectivity index (χ2n) is 4.74. The molecule has 1 unspecified atom stereocenters. The lowest BCUT2D eigenvalue weighted by Crippen LogP contribution is -2.34. The van der Waals surface area contributed by atoms with Crippen LogP contribution in [0.5, 0.6) is 0 Å². The molecule has 0 saturated heterocycles. The fraction of sp³-hybridized carbons (Fsp3) is 0.429. The standard InChI is InChI=1S/C14H17ClN2/c1-2-16-9-6-7-13-11(8-9)10-4-3-5-12(15)14(10)17-13/h3-5,9,16-17H,2,6-8H2,1H3. The molecular weight excluding hydrogens is 232 g/mol. The van der Waals surface area contributed by atoms with Gasteiger partial charge < -0.3 is 10.3 Å². The van der Waals surface area contributed by atoms with E-state index in [-0.39, 0.29) is 0 Å². The number of fused-ring (bicyclic) bond motifs is 3. The Kier molecular flexibility index (Phi) is 2.85. The van der Waals surface area contributed by atoms with Crippen molar-refractivity contribution in [3.63, 3.8) is 0 Å². The molecule has 0 radical (unpaired) electrons. The molecule has 17 heavy (non-hydrogen) atoms. The Morgan fingerprint density at radius 1 is 1.47 bits per heavy atom. The van der Waals surface area contributed by atoms with Crippen LogP contribution in [-0.4, -0.2) is 17.6 Å². The van der Waals surface area contributed by atoms with Gasteiger partial charge in [0.15, 0.2) is 0 Å². The van der Waals surface area contributed by atoms with Gasteiger partial charge >= 0.3 is 0 Å². The van der Waals surface area contributed by atoms with Gasteiger partial charge in [0.1, 0.15) is 0 Å². The zero-order valence-electron chi connectivity index (χ0n) is 10.0. The summed E-state index contributed by atoms with van der Waals surface area (Å²) in [5, 5.41) is 5.68. The molecular formula is C14H17ClN2. The highest BCUT2D eigenvalue weighted by Gasteiger charge is 2.22. The molecule has 0 saturated carbocycles. The summed E-state index contributed by atoms with van der Waals surface area (Å²) in [7, 11) is 0. The lowest BCUT2D eigenvalue weighted by molar-refractivity contribution is 0.470. The van der Waals surface area contributed by atoms with E-state index in [0.29, 0.717) is 6.04 Å². The predicted molar refractivity (Wildman–Crippen MR) is 72.8 cm³/mol. The Labute approximate surface area is 106 Å². The maximum atomic E-state index is 6.23. The zero-order chi connectivity index (χ0) is 11.8. The quantitative estimate of drug-likeness (QED) is 0.839. The van der Waals surface area contributed by atoms with Gasteiger partial charge in [-0.2, -0.15) is 0 Å². The smallest absolute Gasteiger partial charge is 0.0648 e. The minimum Gasteiger partial charge on any atom is -0.357 e. The predicted octanol–water partition coefficient (Wildman–Crippen LogP) is 3.29. The van der Waals surface area contributed by atoms with Gasteiger partial charge in [-0.15, -0.1) is 0 Å². The Bertz CT molecular complexity index is 544. The van der Waals surface area contributed by atoms with Gasteiger partial charge in [-0.25, -0.2) is 0 Å². The lowest BCUT2D eigenvalue weighted by atomic mass is 9.91. The molecule has 1 aliphatic carbocycles. The number of aryl methyl sites for hydroxylation is 1. The molecule has 1 aliphatic rings. The van der Waals surface area contributed by atoms with Crippen LogP contribution >= 0.6 is 11.6 Å². The maximum absolute atomic E-state index is 6.23. The van der Waals surface area contributed by atoms with Crippen molar-refractivity contribution < 1.29 is 0 Å². The van der Waals surface area contributed by atoms with Crippen molar-refractivity contribution in [1.29, 1.82) is 0 Å². The van der Waals surface area contributed by atoms with Crippen LogP contribution in [0.2, 0.25) is 5.02 Å². The van der Waals surface area contributed by atoms with Gasteiger partial charge in [0.25, 0.3) is 0 Å². The monoisotopic (exact) mass is 248 g/mol. The van der Waals surface area contributed by atoms with E-state index in [1.807, 2.05) is 12.1 Å². The summed E-state index contributed by atoms with van der Waals surface area (Å²) >= 11 is 6.23. The Hall–Kier alpha value is -0.990. The molecule has 0 amide bonds. The van der Waals surface area contributed by atoms with Crippen molar-refractivity contribution in [2.45, 2.75) is 32.2 Å². The van der Waals surface area contributed by atoms with Crippen LogP contribution in [-0.2, 0) is 12.8 Å². The number of aromatic nitrogens is 1. The van der Waals surface area contributed by atoms with E-state index < -0.39 is 0 Å². The third-order valence-corrected chi connectivity index (χ3v) is 3.98. The minimum absolute atomic E-state index is 0.616. The number of para-hydroxylation sites is 1. The van der Waals surface area contributed by atoms with Crippen LogP contribution in [0, 0.1) is 0 Å². The minimum atomic E-state index is 0.616. The molecule has 0 bridgehead atoms. The van der Waals surface area contributed by atoms with Crippen LogP contribution in [0.15, 0.2) is 18.2 Å². The molecule has 2 aromatic rings. The van der Waals surface area contributed by atoms with Crippen LogP contribution in [0.25, 0.3) is 10.9 Å². The molecule has 1 atom stereocenters. The first-order valence-corrected chi connectivity index (χ1v) is 6.68. The first-order valence-electron chi connectivity index (χ1n) is 6.31. The van der Waals surface area contributed by atoms with Crippen LogP contribution < -0.4 is 5.32 Å². The average molecular weight is 249 g/mol. The van der Waals surface area contributed by atoms with E-state index in [2.05, 4.69) is 23.3 Å². The molecule has 2 N–H and O–H groups in total. The van der Waals surface area contributed by atoms with E-state index in [1.54, 1.807) is 0 Å². The third kappa shape index (κ3) is 1.85. The number of hydrogen-bond donors (Lipinski definition) is 2. The second kappa shape index (κ2) is 4.35. The van der Waals surface area contributed by atoms with Gasteiger partial charge in [0, 0.05) is 17.1 Å². The maximum Gasteiger partial charge on any atom is 0.0648 e. The van der Waals surface area contributed by atoms with Gasteiger partial charge in [0.05, 0.1) is 10.5 Å². The lowest BCUT2D eigenvalue weighted by Gasteiger charge is -2.23. The summed E-state index contributed by atoms with van der Waals surface area (Å²) < 4.78 is 0. The van der Waals surface area contributed by atoms with E-state index in [1.165, 1.54) is 23.1 Å². The number of benzene rings is 1. The van der Waals surface area contributed by atoms with E-state index in [4.69, 9.17) is 11.6 Å². The highest BCUT2D eigenvalue weighted by atomic mass is 35.5. The van der Waals surface area contributed by atoms with Crippen molar-refractivity contribution in [3.8, 4) is 0 Å². The van der Waals surface area contributed by atoms with Crippen LogP contribution in [0.4, 0.5) is 0 Å². The number of rotatable bonds is 2. The molecule has 2 nitrogen and oxygen atoms in total. The number of H-pyrrole nitrogens is 1. The number of likely N-dealkylation sites (N-methyl/N-ethyl adjacent to an activating group) is 1. The Balaban J connectivity index is 2.06. The summed E-state index contributed by atoms with van der Waals surface area (Å²) in [6.45, 7) is 3.21. The van der Waals surface area contributed by atoms with Gasteiger partial charge in [-0.1, -0.05) is 30.7 Å². The van der Waals surface area contributed by atoms with Crippen LogP contribution in [0.3, 0.4) is 0 Å². The number of nitrogens with one attached hydrogen (secondary N) is 2. The number of hydrogen-bond acceptors (Lipinski definition) is 1. The van der Waals surface area contributed by atoms with Crippen molar-refractivity contribution in [2.75, 3.05) is 6.54 Å². The van der Waals surface area contributed by atoms with Gasteiger partial charge in [0.2, 0.25) is 0 Å². The average Bonchev–Trinajstić information content (AvgIpc) is 2.70. The fourth-order valence-electron chi connectivity index (χ4n) is 2.87. The largest absolute Gasteiger partial charge is 0.357 e. The normalized spacial score (nSPS) is 19.5. The number of aromatic amines is 1. The summed E-state index contributed by atoms with van der Waals surface area (Å²) in [4.78, 5) is 3.49. The molecule has 1 heterocycles. The highest BCUT2D eigenvalue weighted by molar-refractivity contribution is 6.35. The SMILES string of the molecule is CCNC1CCc2[nH]c3c(Cl)cccc3c2C1. The van der Waals surface area contributed by atoms with Gasteiger partial charge in [-0.05, 0) is 37.4 Å². The van der Waals surface area contributed by atoms with Crippen LogP contribution in [0.1, 0.15) is 24.6 Å². The molecule has 1 aromatic heterocycles. The van der Waals surface area contributed by atoms with Crippen molar-refractivity contribution in [1.82, 2.24) is 10.3 Å². The molecule has 1 aromatic carbocycles. The van der Waals surface area contributed by atoms with E-state index in [9.17, 15) is 0 Å². The summed E-state index contributed by atoms with van der Waals surface area (Å²) in [6.07, 6.45) is 3.45. The topological polar surface area (TPSA) is 27.8 Å². The second-order valence-corrected chi connectivity index (χ2v) is 5.15. The first kappa shape index (κ1) is 11.1. The molecule has 0 fully saturated rings. The molecule has 90 valence electrons. The molecule has 0 spiro atoms. The number of halogens is 1. The summed E-state index contributed by atoms with van der Waals surface area (Å²) in [5.74, 6) is 0. The van der Waals surface area contributed by atoms with Crippen molar-refractivity contribution >= 4 is 22.5 Å². The fourth-order valence-corrected chi connectivity index (χ4v) is 3.09. The van der Waals surface area contributed by atoms with Crippen molar-refractivity contribution in [3.05, 3.63) is 34.5 Å².